The van der Waals surface area contributed by atoms with Crippen LogP contribution in [0.3, 0.4) is 0 Å². The summed E-state index contributed by atoms with van der Waals surface area (Å²) in [4.78, 5) is 12.1. The van der Waals surface area contributed by atoms with Gasteiger partial charge >= 0.3 is 0 Å². The number of carbonyl (C=O) groups excluding carboxylic acids is 1. The summed E-state index contributed by atoms with van der Waals surface area (Å²) in [5, 5.41) is 15.5. The number of aromatic nitrogens is 4. The van der Waals surface area contributed by atoms with Crippen molar-refractivity contribution in [3.8, 4) is 5.69 Å². The van der Waals surface area contributed by atoms with Crippen LogP contribution in [0.2, 0.25) is 5.02 Å². The van der Waals surface area contributed by atoms with E-state index < -0.39 is 0 Å². The zero-order valence-electron chi connectivity index (χ0n) is 12.7. The number of benzene rings is 1. The molecule has 1 N–H and O–H groups in total. The van der Waals surface area contributed by atoms with Gasteiger partial charge in [0, 0.05) is 5.02 Å². The predicted octanol–water partition coefficient (Wildman–Crippen LogP) is 2.88. The molecule has 3 rings (SSSR count). The highest BCUT2D eigenvalue weighted by molar-refractivity contribution is 7.99. The third-order valence-corrected chi connectivity index (χ3v) is 4.33. The minimum absolute atomic E-state index is 0.135. The van der Waals surface area contributed by atoms with Crippen molar-refractivity contribution < 1.29 is 9.21 Å². The van der Waals surface area contributed by atoms with Crippen LogP contribution in [0.4, 0.5) is 0 Å². The zero-order chi connectivity index (χ0) is 16.9. The van der Waals surface area contributed by atoms with Gasteiger partial charge < -0.3 is 9.73 Å². The summed E-state index contributed by atoms with van der Waals surface area (Å²) in [5.74, 6) is 0.757. The van der Waals surface area contributed by atoms with E-state index in [1.165, 1.54) is 11.8 Å². The highest BCUT2D eigenvalue weighted by Crippen LogP contribution is 2.20. The van der Waals surface area contributed by atoms with E-state index >= 15 is 0 Å². The van der Waals surface area contributed by atoms with Gasteiger partial charge in [-0.25, -0.2) is 0 Å². The summed E-state index contributed by atoms with van der Waals surface area (Å²) in [6.07, 6.45) is 1.58. The van der Waals surface area contributed by atoms with Crippen LogP contribution in [0, 0.1) is 0 Å². The second-order valence-electron chi connectivity index (χ2n) is 4.95. The summed E-state index contributed by atoms with van der Waals surface area (Å²) >= 11 is 7.23. The summed E-state index contributed by atoms with van der Waals surface area (Å²) in [6, 6.07) is 10.6. The molecule has 0 unspecified atom stereocenters. The first-order chi connectivity index (χ1) is 11.6. The van der Waals surface area contributed by atoms with Crippen LogP contribution in [0.5, 0.6) is 0 Å². The summed E-state index contributed by atoms with van der Waals surface area (Å²) < 4.78 is 6.81. The van der Waals surface area contributed by atoms with E-state index in [1.54, 1.807) is 29.1 Å². The average Bonchev–Trinajstić information content (AvgIpc) is 3.24. The van der Waals surface area contributed by atoms with Crippen molar-refractivity contribution >= 4 is 29.3 Å². The van der Waals surface area contributed by atoms with Crippen LogP contribution in [0.1, 0.15) is 18.7 Å². The number of hydrogen-bond donors (Lipinski definition) is 1. The molecule has 0 spiro atoms. The van der Waals surface area contributed by atoms with Crippen molar-refractivity contribution in [3.63, 3.8) is 0 Å². The first-order valence-electron chi connectivity index (χ1n) is 7.13. The highest BCUT2D eigenvalue weighted by atomic mass is 35.5. The largest absolute Gasteiger partial charge is 0.467 e. The maximum absolute atomic E-state index is 12.1. The van der Waals surface area contributed by atoms with Crippen LogP contribution in [0.15, 0.2) is 52.2 Å². The Bertz CT molecular complexity index is 821. The predicted molar refractivity (Wildman–Crippen MR) is 90.2 cm³/mol. The number of nitrogens with zero attached hydrogens (tertiary/aromatic N) is 4. The number of furan rings is 1. The third kappa shape index (κ3) is 3.95. The molecule has 24 heavy (non-hydrogen) atoms. The van der Waals surface area contributed by atoms with Crippen LogP contribution >= 0.6 is 23.4 Å². The molecule has 0 saturated carbocycles. The topological polar surface area (TPSA) is 85.8 Å². The Kier molecular flexibility index (Phi) is 5.17. The first-order valence-corrected chi connectivity index (χ1v) is 8.50. The second-order valence-corrected chi connectivity index (χ2v) is 6.33. The van der Waals surface area contributed by atoms with E-state index in [4.69, 9.17) is 16.0 Å². The van der Waals surface area contributed by atoms with Crippen LogP contribution in [-0.4, -0.2) is 31.9 Å². The fourth-order valence-electron chi connectivity index (χ4n) is 2.06. The van der Waals surface area contributed by atoms with Gasteiger partial charge in [0.05, 0.1) is 23.7 Å². The second kappa shape index (κ2) is 7.50. The molecule has 1 aromatic carbocycles. The minimum atomic E-state index is -0.197. The molecule has 7 nitrogen and oxygen atoms in total. The molecule has 2 heterocycles. The molecule has 0 aliphatic rings. The number of thioether (sulfide) groups is 1. The third-order valence-electron chi connectivity index (χ3n) is 3.17. The van der Waals surface area contributed by atoms with Gasteiger partial charge in [-0.2, -0.15) is 4.68 Å². The van der Waals surface area contributed by atoms with Gasteiger partial charge in [0.2, 0.25) is 11.1 Å². The maximum atomic E-state index is 12.1. The van der Waals surface area contributed by atoms with E-state index in [1.807, 2.05) is 25.1 Å². The van der Waals surface area contributed by atoms with E-state index in [2.05, 4.69) is 20.8 Å². The van der Waals surface area contributed by atoms with Crippen molar-refractivity contribution in [1.82, 2.24) is 25.5 Å². The lowest BCUT2D eigenvalue weighted by Crippen LogP contribution is -2.28. The molecule has 1 atom stereocenters. The van der Waals surface area contributed by atoms with Gasteiger partial charge in [-0.3, -0.25) is 4.79 Å². The average molecular weight is 364 g/mol. The Labute approximate surface area is 147 Å². The van der Waals surface area contributed by atoms with Crippen LogP contribution in [0.25, 0.3) is 5.69 Å². The van der Waals surface area contributed by atoms with E-state index in [0.717, 1.165) is 5.69 Å². The molecule has 3 aromatic rings. The van der Waals surface area contributed by atoms with Crippen molar-refractivity contribution in [1.29, 1.82) is 0 Å². The Hall–Kier alpha value is -2.32. The molecule has 0 bridgehead atoms. The van der Waals surface area contributed by atoms with Crippen molar-refractivity contribution in [2.24, 2.45) is 0 Å². The van der Waals surface area contributed by atoms with Gasteiger partial charge in [-0.1, -0.05) is 29.4 Å². The Balaban J connectivity index is 1.61. The molecular weight excluding hydrogens is 350 g/mol. The van der Waals surface area contributed by atoms with Gasteiger partial charge in [-0.15, -0.1) is 5.10 Å². The van der Waals surface area contributed by atoms with E-state index in [0.29, 0.717) is 15.9 Å². The van der Waals surface area contributed by atoms with E-state index in [9.17, 15) is 4.79 Å². The van der Waals surface area contributed by atoms with Gasteiger partial charge in [-0.05, 0) is 47.7 Å². The number of nitrogens with one attached hydrogen (secondary N) is 1. The Morgan fingerprint density at radius 3 is 3.04 bits per heavy atom. The molecule has 0 aliphatic heterocycles. The highest BCUT2D eigenvalue weighted by Gasteiger charge is 2.15. The lowest BCUT2D eigenvalue weighted by molar-refractivity contribution is -0.119. The monoisotopic (exact) mass is 363 g/mol. The molecular formula is C15H14ClN5O2S. The Morgan fingerprint density at radius 1 is 1.42 bits per heavy atom. The molecule has 0 aliphatic carbocycles. The van der Waals surface area contributed by atoms with Gasteiger partial charge in [0.1, 0.15) is 5.76 Å². The van der Waals surface area contributed by atoms with Crippen LogP contribution < -0.4 is 5.32 Å². The molecule has 2 aromatic heterocycles. The van der Waals surface area contributed by atoms with Gasteiger partial charge in [0.15, 0.2) is 0 Å². The Morgan fingerprint density at radius 2 is 2.29 bits per heavy atom. The van der Waals surface area contributed by atoms with Crippen LogP contribution in [-0.2, 0) is 4.79 Å². The lowest BCUT2D eigenvalue weighted by Gasteiger charge is -2.11. The molecule has 124 valence electrons. The lowest BCUT2D eigenvalue weighted by atomic mass is 10.2. The van der Waals surface area contributed by atoms with Crippen molar-refractivity contribution in [2.45, 2.75) is 18.1 Å². The zero-order valence-corrected chi connectivity index (χ0v) is 14.3. The summed E-state index contributed by atoms with van der Waals surface area (Å²) in [6.45, 7) is 1.86. The summed E-state index contributed by atoms with van der Waals surface area (Å²) in [5.41, 5.74) is 0.736. The number of rotatable bonds is 6. The smallest absolute Gasteiger partial charge is 0.231 e. The van der Waals surface area contributed by atoms with Gasteiger partial charge in [0.25, 0.3) is 0 Å². The number of amides is 1. The quantitative estimate of drug-likeness (QED) is 0.678. The minimum Gasteiger partial charge on any atom is -0.467 e. The van der Waals surface area contributed by atoms with Crippen molar-refractivity contribution in [2.75, 3.05) is 5.75 Å². The maximum Gasteiger partial charge on any atom is 0.231 e. The molecule has 0 radical (unpaired) electrons. The fraction of sp³-hybridized carbons (Fsp3) is 0.200. The SMILES string of the molecule is C[C@H](NC(=O)CSc1nnnn1-c1cccc(Cl)c1)c1ccco1. The summed E-state index contributed by atoms with van der Waals surface area (Å²) in [7, 11) is 0. The van der Waals surface area contributed by atoms with E-state index in [-0.39, 0.29) is 17.7 Å². The number of halogens is 1. The molecule has 1 amide bonds. The molecule has 0 fully saturated rings. The molecule has 9 heteroatoms. The fourth-order valence-corrected chi connectivity index (χ4v) is 2.95. The number of tetrazole rings is 1. The number of hydrogen-bond acceptors (Lipinski definition) is 6. The number of carbonyl (C=O) groups is 1. The van der Waals surface area contributed by atoms with Crippen molar-refractivity contribution in [3.05, 3.63) is 53.4 Å². The normalized spacial score (nSPS) is 12.1. The molecule has 0 saturated heterocycles. The standard InChI is InChI=1S/C15H14ClN5O2S/c1-10(13-6-3-7-23-13)17-14(22)9-24-15-18-19-20-21(15)12-5-2-4-11(16)8-12/h2-8,10H,9H2,1H3,(H,17,22)/t10-/m0/s1. The first kappa shape index (κ1) is 16.5.